The monoisotopic (exact) mass is 348 g/mol. The van der Waals surface area contributed by atoms with Crippen molar-refractivity contribution in [2.75, 3.05) is 0 Å². The Morgan fingerprint density at radius 3 is 2.79 bits per heavy atom. The van der Waals surface area contributed by atoms with Crippen molar-refractivity contribution in [1.29, 1.82) is 0 Å². The van der Waals surface area contributed by atoms with Crippen LogP contribution in [-0.4, -0.2) is 24.1 Å². The van der Waals surface area contributed by atoms with Crippen molar-refractivity contribution < 1.29 is 18.3 Å². The first-order valence-electron chi connectivity index (χ1n) is 7.96. The second-order valence-electron chi connectivity index (χ2n) is 5.92. The summed E-state index contributed by atoms with van der Waals surface area (Å²) in [5, 5.41) is 9.19. The first-order valence-corrected chi connectivity index (χ1v) is 9.44. The number of fused-ring (bicyclic) bond motifs is 1. The SMILES string of the molecule is CCn1cc(S(=O)(=O)NC2CCCc3ccccc32)cc1C(=O)O. The highest BCUT2D eigenvalue weighted by Crippen LogP contribution is 2.31. The van der Waals surface area contributed by atoms with Crippen LogP contribution >= 0.6 is 0 Å². The molecule has 3 rings (SSSR count). The molecule has 0 amide bonds. The van der Waals surface area contributed by atoms with Crippen molar-refractivity contribution in [2.24, 2.45) is 0 Å². The maximum absolute atomic E-state index is 12.7. The average molecular weight is 348 g/mol. The number of sulfonamides is 1. The van der Waals surface area contributed by atoms with Gasteiger partial charge in [-0.25, -0.2) is 17.9 Å². The Labute approximate surface area is 141 Å². The van der Waals surface area contributed by atoms with E-state index in [1.807, 2.05) is 24.3 Å². The minimum absolute atomic E-state index is 0.00944. The first-order chi connectivity index (χ1) is 11.4. The number of aromatic carboxylic acids is 1. The second kappa shape index (κ2) is 6.41. The van der Waals surface area contributed by atoms with Gasteiger partial charge in [0.2, 0.25) is 10.0 Å². The highest BCUT2D eigenvalue weighted by molar-refractivity contribution is 7.89. The van der Waals surface area contributed by atoms with Gasteiger partial charge in [0.15, 0.2) is 0 Å². The molecule has 2 aromatic rings. The summed E-state index contributed by atoms with van der Waals surface area (Å²) >= 11 is 0. The van der Waals surface area contributed by atoms with E-state index in [9.17, 15) is 18.3 Å². The topological polar surface area (TPSA) is 88.4 Å². The van der Waals surface area contributed by atoms with Crippen LogP contribution in [0.5, 0.6) is 0 Å². The molecule has 7 heteroatoms. The van der Waals surface area contributed by atoms with Gasteiger partial charge in [-0.15, -0.1) is 0 Å². The van der Waals surface area contributed by atoms with E-state index in [0.717, 1.165) is 30.4 Å². The van der Waals surface area contributed by atoms with Gasteiger partial charge in [-0.1, -0.05) is 24.3 Å². The van der Waals surface area contributed by atoms with Crippen LogP contribution in [0.15, 0.2) is 41.4 Å². The molecule has 0 aliphatic heterocycles. The smallest absolute Gasteiger partial charge is 0.352 e. The lowest BCUT2D eigenvalue weighted by Gasteiger charge is -2.26. The molecule has 1 heterocycles. The van der Waals surface area contributed by atoms with Gasteiger partial charge in [0.05, 0.1) is 0 Å². The van der Waals surface area contributed by atoms with Crippen molar-refractivity contribution in [1.82, 2.24) is 9.29 Å². The number of aryl methyl sites for hydroxylation is 2. The molecule has 0 bridgehead atoms. The summed E-state index contributed by atoms with van der Waals surface area (Å²) in [6.07, 6.45) is 3.97. The summed E-state index contributed by atoms with van der Waals surface area (Å²) in [4.78, 5) is 11.2. The van der Waals surface area contributed by atoms with Crippen LogP contribution in [-0.2, 0) is 23.0 Å². The second-order valence-corrected chi connectivity index (χ2v) is 7.63. The zero-order valence-corrected chi connectivity index (χ0v) is 14.2. The number of aromatic nitrogens is 1. The van der Waals surface area contributed by atoms with Gasteiger partial charge in [-0.3, -0.25) is 0 Å². The largest absolute Gasteiger partial charge is 0.477 e. The number of rotatable bonds is 5. The summed E-state index contributed by atoms with van der Waals surface area (Å²) in [5.41, 5.74) is 2.14. The minimum Gasteiger partial charge on any atom is -0.477 e. The maximum atomic E-state index is 12.7. The molecule has 1 aromatic carbocycles. The molecule has 0 saturated heterocycles. The summed E-state index contributed by atoms with van der Waals surface area (Å²) in [7, 11) is -3.78. The molecule has 128 valence electrons. The molecule has 1 aliphatic carbocycles. The summed E-state index contributed by atoms with van der Waals surface area (Å²) < 4.78 is 29.6. The first kappa shape index (κ1) is 16.7. The van der Waals surface area contributed by atoms with Gasteiger partial charge in [-0.2, -0.15) is 0 Å². The van der Waals surface area contributed by atoms with E-state index in [4.69, 9.17) is 0 Å². The molecular weight excluding hydrogens is 328 g/mol. The van der Waals surface area contributed by atoms with Crippen LogP contribution in [0.1, 0.15) is 47.4 Å². The Morgan fingerprint density at radius 2 is 2.12 bits per heavy atom. The number of carbonyl (C=O) groups is 1. The van der Waals surface area contributed by atoms with Gasteiger partial charge in [0, 0.05) is 18.8 Å². The van der Waals surface area contributed by atoms with E-state index in [0.29, 0.717) is 6.54 Å². The normalized spacial score (nSPS) is 17.5. The number of benzene rings is 1. The van der Waals surface area contributed by atoms with E-state index in [-0.39, 0.29) is 16.6 Å². The summed E-state index contributed by atoms with van der Waals surface area (Å²) in [5.74, 6) is -1.14. The summed E-state index contributed by atoms with van der Waals surface area (Å²) in [6.45, 7) is 2.16. The third-order valence-corrected chi connectivity index (χ3v) is 5.85. The van der Waals surface area contributed by atoms with E-state index in [1.165, 1.54) is 16.8 Å². The van der Waals surface area contributed by atoms with Crippen LogP contribution in [0.25, 0.3) is 0 Å². The zero-order valence-electron chi connectivity index (χ0n) is 13.4. The molecule has 1 aliphatic rings. The predicted molar refractivity (Wildman–Crippen MR) is 89.5 cm³/mol. The number of nitrogens with zero attached hydrogens (tertiary/aromatic N) is 1. The summed E-state index contributed by atoms with van der Waals surface area (Å²) in [6, 6.07) is 8.76. The number of hydrogen-bond acceptors (Lipinski definition) is 3. The van der Waals surface area contributed by atoms with Crippen LogP contribution in [0.2, 0.25) is 0 Å². The van der Waals surface area contributed by atoms with E-state index in [2.05, 4.69) is 4.72 Å². The number of carboxylic acid groups (broad SMARTS) is 1. The van der Waals surface area contributed by atoms with E-state index < -0.39 is 16.0 Å². The fourth-order valence-corrected chi connectivity index (χ4v) is 4.49. The van der Waals surface area contributed by atoms with E-state index in [1.54, 1.807) is 6.92 Å². The zero-order chi connectivity index (χ0) is 17.3. The molecule has 0 spiro atoms. The lowest BCUT2D eigenvalue weighted by Crippen LogP contribution is -2.30. The van der Waals surface area contributed by atoms with Crippen molar-refractivity contribution in [3.05, 3.63) is 53.3 Å². The number of carboxylic acids is 1. The average Bonchev–Trinajstić information content (AvgIpc) is 3.00. The van der Waals surface area contributed by atoms with Gasteiger partial charge < -0.3 is 9.67 Å². The van der Waals surface area contributed by atoms with Crippen molar-refractivity contribution in [3.63, 3.8) is 0 Å². The Kier molecular flexibility index (Phi) is 4.47. The van der Waals surface area contributed by atoms with Crippen molar-refractivity contribution in [3.8, 4) is 0 Å². The third kappa shape index (κ3) is 3.09. The van der Waals surface area contributed by atoms with Crippen LogP contribution in [0.3, 0.4) is 0 Å². The Balaban J connectivity index is 1.92. The quantitative estimate of drug-likeness (QED) is 0.869. The lowest BCUT2D eigenvalue weighted by atomic mass is 9.88. The lowest BCUT2D eigenvalue weighted by molar-refractivity contribution is 0.0685. The van der Waals surface area contributed by atoms with Crippen LogP contribution < -0.4 is 4.72 Å². The minimum atomic E-state index is -3.78. The molecule has 1 aromatic heterocycles. The van der Waals surface area contributed by atoms with E-state index >= 15 is 0 Å². The van der Waals surface area contributed by atoms with Gasteiger partial charge in [-0.05, 0) is 43.4 Å². The van der Waals surface area contributed by atoms with Gasteiger partial charge >= 0.3 is 5.97 Å². The highest BCUT2D eigenvalue weighted by Gasteiger charge is 2.27. The Hall–Kier alpha value is -2.12. The molecule has 24 heavy (non-hydrogen) atoms. The molecule has 0 fully saturated rings. The molecule has 2 N–H and O–H groups in total. The standard InChI is InChI=1S/C17H20N2O4S/c1-2-19-11-13(10-16(19)17(20)21)24(22,23)18-15-9-5-7-12-6-3-4-8-14(12)15/h3-4,6,8,10-11,15,18H,2,5,7,9H2,1H3,(H,20,21). The molecular formula is C17H20N2O4S. The highest BCUT2D eigenvalue weighted by atomic mass is 32.2. The molecule has 0 radical (unpaired) electrons. The fourth-order valence-electron chi connectivity index (χ4n) is 3.20. The Morgan fingerprint density at radius 1 is 1.38 bits per heavy atom. The van der Waals surface area contributed by atoms with Crippen LogP contribution in [0.4, 0.5) is 0 Å². The number of hydrogen-bond donors (Lipinski definition) is 2. The van der Waals surface area contributed by atoms with Crippen LogP contribution in [0, 0.1) is 0 Å². The molecule has 0 saturated carbocycles. The van der Waals surface area contributed by atoms with Gasteiger partial charge in [0.25, 0.3) is 0 Å². The van der Waals surface area contributed by atoms with Crippen molar-refractivity contribution >= 4 is 16.0 Å². The molecule has 6 nitrogen and oxygen atoms in total. The molecule has 1 atom stereocenters. The predicted octanol–water partition coefficient (Wildman–Crippen LogP) is 2.56. The van der Waals surface area contributed by atoms with Crippen molar-refractivity contribution in [2.45, 2.75) is 43.7 Å². The fraction of sp³-hybridized carbons (Fsp3) is 0.353. The Bertz CT molecular complexity index is 870. The molecule has 1 unspecified atom stereocenters. The maximum Gasteiger partial charge on any atom is 0.352 e. The number of nitrogens with one attached hydrogen (secondary N) is 1. The van der Waals surface area contributed by atoms with Gasteiger partial charge in [0.1, 0.15) is 10.6 Å². The third-order valence-electron chi connectivity index (χ3n) is 4.41.